The number of benzene rings is 2. The molecule has 178 valence electrons. The van der Waals surface area contributed by atoms with Gasteiger partial charge in [0.2, 0.25) is 5.91 Å². The van der Waals surface area contributed by atoms with Gasteiger partial charge in [0, 0.05) is 18.4 Å². The number of fused-ring (bicyclic) bond motifs is 3. The number of aliphatic carboxylic acids is 1. The summed E-state index contributed by atoms with van der Waals surface area (Å²) in [6.45, 7) is 3.86. The first-order chi connectivity index (χ1) is 16.5. The van der Waals surface area contributed by atoms with E-state index in [1.165, 1.54) is 0 Å². The second-order valence-electron chi connectivity index (χ2n) is 9.03. The van der Waals surface area contributed by atoms with Gasteiger partial charge in [0.15, 0.2) is 0 Å². The average molecular weight is 463 g/mol. The SMILES string of the molecule is C=CCC(NC(=O)OCC1c2ccccc2-c2ccccc21)C(=O)N[C@@H]1CC[C@H](CC(=O)O)C1. The van der Waals surface area contributed by atoms with Gasteiger partial charge in [0.25, 0.3) is 0 Å². The molecule has 0 radical (unpaired) electrons. The summed E-state index contributed by atoms with van der Waals surface area (Å²) in [5.74, 6) is -1.13. The molecule has 2 aromatic rings. The van der Waals surface area contributed by atoms with Gasteiger partial charge in [-0.05, 0) is 53.9 Å². The fraction of sp³-hybridized carbons (Fsp3) is 0.370. The van der Waals surface area contributed by atoms with Crippen LogP contribution in [-0.2, 0) is 14.3 Å². The minimum atomic E-state index is -0.821. The first kappa shape index (κ1) is 23.5. The minimum absolute atomic E-state index is 0.0607. The van der Waals surface area contributed by atoms with E-state index in [-0.39, 0.29) is 43.2 Å². The zero-order valence-electron chi connectivity index (χ0n) is 19.0. The highest BCUT2D eigenvalue weighted by Gasteiger charge is 2.31. The van der Waals surface area contributed by atoms with Crippen LogP contribution in [0.1, 0.15) is 49.1 Å². The topological polar surface area (TPSA) is 105 Å². The van der Waals surface area contributed by atoms with Gasteiger partial charge in [0.1, 0.15) is 12.6 Å². The van der Waals surface area contributed by atoms with Crippen molar-refractivity contribution in [2.24, 2.45) is 5.92 Å². The highest BCUT2D eigenvalue weighted by molar-refractivity contribution is 5.86. The van der Waals surface area contributed by atoms with Crippen molar-refractivity contribution in [2.45, 2.75) is 50.1 Å². The van der Waals surface area contributed by atoms with E-state index in [0.29, 0.717) is 6.42 Å². The van der Waals surface area contributed by atoms with Crippen molar-refractivity contribution in [1.82, 2.24) is 10.6 Å². The molecule has 3 N–H and O–H groups in total. The first-order valence-corrected chi connectivity index (χ1v) is 11.7. The normalized spacial score (nSPS) is 19.5. The third kappa shape index (κ3) is 5.30. The van der Waals surface area contributed by atoms with Crippen molar-refractivity contribution in [3.8, 4) is 11.1 Å². The van der Waals surface area contributed by atoms with Crippen LogP contribution >= 0.6 is 0 Å². The Morgan fingerprint density at radius 3 is 2.32 bits per heavy atom. The summed E-state index contributed by atoms with van der Waals surface area (Å²) in [6.07, 6.45) is 3.43. The Hall–Kier alpha value is -3.61. The molecule has 0 saturated heterocycles. The van der Waals surface area contributed by atoms with E-state index in [4.69, 9.17) is 9.84 Å². The molecule has 3 atom stereocenters. The summed E-state index contributed by atoms with van der Waals surface area (Å²) < 4.78 is 5.57. The zero-order valence-corrected chi connectivity index (χ0v) is 19.0. The summed E-state index contributed by atoms with van der Waals surface area (Å²) in [5, 5.41) is 14.6. The number of ether oxygens (including phenoxy) is 1. The van der Waals surface area contributed by atoms with Crippen LogP contribution in [-0.4, -0.2) is 41.8 Å². The Bertz CT molecular complexity index is 1040. The van der Waals surface area contributed by atoms with Crippen molar-refractivity contribution in [3.63, 3.8) is 0 Å². The molecule has 7 nitrogen and oxygen atoms in total. The molecule has 4 rings (SSSR count). The lowest BCUT2D eigenvalue weighted by Crippen LogP contribution is -2.49. The lowest BCUT2D eigenvalue weighted by Gasteiger charge is -2.21. The molecule has 1 fully saturated rings. The Morgan fingerprint density at radius 2 is 1.71 bits per heavy atom. The van der Waals surface area contributed by atoms with Crippen LogP contribution in [0.3, 0.4) is 0 Å². The van der Waals surface area contributed by atoms with Crippen LogP contribution in [0.25, 0.3) is 11.1 Å². The standard InChI is InChI=1S/C27H30N2O5/c1-2-7-24(26(32)28-18-13-12-17(14-18)15-25(30)31)29-27(33)34-16-23-21-10-5-3-8-19(21)20-9-4-6-11-22(20)23/h2-6,8-11,17-18,23-24H,1,7,12-16H2,(H,28,32)(H,29,33)(H,30,31)/t17-,18+,24?/m0/s1. The van der Waals surface area contributed by atoms with E-state index in [2.05, 4.69) is 41.5 Å². The largest absolute Gasteiger partial charge is 0.481 e. The lowest BCUT2D eigenvalue weighted by atomic mass is 9.98. The van der Waals surface area contributed by atoms with Gasteiger partial charge < -0.3 is 20.5 Å². The Kier molecular flexibility index (Phi) is 7.30. The first-order valence-electron chi connectivity index (χ1n) is 11.7. The molecule has 1 saturated carbocycles. The molecule has 0 aliphatic heterocycles. The molecule has 2 amide bonds. The number of carbonyl (C=O) groups excluding carboxylic acids is 2. The number of carbonyl (C=O) groups is 3. The monoisotopic (exact) mass is 462 g/mol. The Labute approximate surface area is 199 Å². The van der Waals surface area contributed by atoms with E-state index in [1.54, 1.807) is 6.08 Å². The van der Waals surface area contributed by atoms with Gasteiger partial charge in [-0.25, -0.2) is 4.79 Å². The molecule has 1 unspecified atom stereocenters. The van der Waals surface area contributed by atoms with Gasteiger partial charge >= 0.3 is 12.1 Å². The molecule has 2 aliphatic carbocycles. The van der Waals surface area contributed by atoms with Crippen LogP contribution in [0.15, 0.2) is 61.2 Å². The Balaban J connectivity index is 1.33. The Morgan fingerprint density at radius 1 is 1.06 bits per heavy atom. The molecular weight excluding hydrogens is 432 g/mol. The fourth-order valence-electron chi connectivity index (χ4n) is 5.12. The van der Waals surface area contributed by atoms with Crippen LogP contribution < -0.4 is 10.6 Å². The summed E-state index contributed by atoms with van der Waals surface area (Å²) in [6, 6.07) is 15.3. The number of nitrogens with one attached hydrogen (secondary N) is 2. The number of amides is 2. The molecule has 0 bridgehead atoms. The number of rotatable bonds is 9. The third-order valence-electron chi connectivity index (χ3n) is 6.71. The van der Waals surface area contributed by atoms with Crippen LogP contribution in [0.5, 0.6) is 0 Å². The minimum Gasteiger partial charge on any atom is -0.481 e. The maximum atomic E-state index is 12.8. The number of carboxylic acids is 1. The third-order valence-corrected chi connectivity index (χ3v) is 6.71. The van der Waals surface area contributed by atoms with E-state index in [0.717, 1.165) is 35.1 Å². The number of hydrogen-bond acceptors (Lipinski definition) is 4. The number of hydrogen-bond donors (Lipinski definition) is 3. The van der Waals surface area contributed by atoms with Crippen molar-refractivity contribution in [3.05, 3.63) is 72.3 Å². The second kappa shape index (κ2) is 10.5. The summed E-state index contributed by atoms with van der Waals surface area (Å²) in [7, 11) is 0. The maximum Gasteiger partial charge on any atom is 0.407 e. The highest BCUT2D eigenvalue weighted by Crippen LogP contribution is 2.44. The fourth-order valence-corrected chi connectivity index (χ4v) is 5.12. The molecule has 34 heavy (non-hydrogen) atoms. The van der Waals surface area contributed by atoms with Crippen LogP contribution in [0, 0.1) is 5.92 Å². The predicted molar refractivity (Wildman–Crippen MR) is 128 cm³/mol. The van der Waals surface area contributed by atoms with E-state index < -0.39 is 18.1 Å². The molecule has 2 aliphatic rings. The van der Waals surface area contributed by atoms with Gasteiger partial charge in [0.05, 0.1) is 0 Å². The summed E-state index contributed by atoms with van der Waals surface area (Å²) >= 11 is 0. The average Bonchev–Trinajstić information content (AvgIpc) is 3.38. The van der Waals surface area contributed by atoms with Crippen LogP contribution in [0.4, 0.5) is 4.79 Å². The molecule has 0 spiro atoms. The maximum absolute atomic E-state index is 12.8. The molecular formula is C27H30N2O5. The quantitative estimate of drug-likeness (QED) is 0.484. The molecule has 7 heteroatoms. The van der Waals surface area contributed by atoms with Crippen molar-refractivity contribution < 1.29 is 24.2 Å². The second-order valence-corrected chi connectivity index (χ2v) is 9.03. The smallest absolute Gasteiger partial charge is 0.407 e. The summed E-state index contributed by atoms with van der Waals surface area (Å²) in [4.78, 5) is 36.3. The summed E-state index contributed by atoms with van der Waals surface area (Å²) in [5.41, 5.74) is 4.53. The van der Waals surface area contributed by atoms with Crippen molar-refractivity contribution >= 4 is 18.0 Å². The van der Waals surface area contributed by atoms with Crippen LogP contribution in [0.2, 0.25) is 0 Å². The van der Waals surface area contributed by atoms with Gasteiger partial charge in [-0.3, -0.25) is 9.59 Å². The van der Waals surface area contributed by atoms with Gasteiger partial charge in [-0.15, -0.1) is 6.58 Å². The molecule has 2 aromatic carbocycles. The van der Waals surface area contributed by atoms with E-state index in [1.807, 2.05) is 24.3 Å². The molecule has 0 aromatic heterocycles. The van der Waals surface area contributed by atoms with Gasteiger partial charge in [-0.1, -0.05) is 54.6 Å². The number of carboxylic acid groups (broad SMARTS) is 1. The van der Waals surface area contributed by atoms with Crippen molar-refractivity contribution in [1.29, 1.82) is 0 Å². The zero-order chi connectivity index (χ0) is 24.1. The van der Waals surface area contributed by atoms with Crippen molar-refractivity contribution in [2.75, 3.05) is 6.61 Å². The number of alkyl carbamates (subject to hydrolysis) is 1. The lowest BCUT2D eigenvalue weighted by molar-refractivity contribution is -0.138. The van der Waals surface area contributed by atoms with Gasteiger partial charge in [-0.2, -0.15) is 0 Å². The predicted octanol–water partition coefficient (Wildman–Crippen LogP) is 4.23. The van der Waals surface area contributed by atoms with E-state index >= 15 is 0 Å². The highest BCUT2D eigenvalue weighted by atomic mass is 16.5. The molecule has 0 heterocycles. The van der Waals surface area contributed by atoms with E-state index in [9.17, 15) is 14.4 Å².